The molecule has 0 spiro atoms. The standard InChI is InChI=1S/C15H19ClF2N2O3/c1-15(2,22)12-4-3-7-20(12)14(21)19-9-5-6-11(10(16)8-9)23-13(17)18/h5-6,8,12-13,22H,3-4,7H2,1-2H3,(H,19,21). The smallest absolute Gasteiger partial charge is 0.387 e. The fourth-order valence-corrected chi connectivity index (χ4v) is 2.93. The number of aliphatic hydroxyl groups is 1. The van der Waals surface area contributed by atoms with E-state index in [1.807, 2.05) is 0 Å². The number of carbonyl (C=O) groups excluding carboxylic acids is 1. The molecule has 2 N–H and O–H groups in total. The van der Waals surface area contributed by atoms with Gasteiger partial charge in [-0.1, -0.05) is 11.6 Å². The lowest BCUT2D eigenvalue weighted by Crippen LogP contribution is -2.49. The molecule has 2 amide bonds. The number of urea groups is 1. The maximum absolute atomic E-state index is 12.4. The minimum absolute atomic E-state index is 0.0245. The van der Waals surface area contributed by atoms with E-state index in [4.69, 9.17) is 11.6 Å². The summed E-state index contributed by atoms with van der Waals surface area (Å²) in [5.74, 6) is -0.157. The summed E-state index contributed by atoms with van der Waals surface area (Å²) in [6.07, 6.45) is 1.53. The van der Waals surface area contributed by atoms with Gasteiger partial charge < -0.3 is 20.1 Å². The Morgan fingerprint density at radius 3 is 2.78 bits per heavy atom. The molecule has 1 fully saturated rings. The van der Waals surface area contributed by atoms with Crippen LogP contribution in [0.25, 0.3) is 0 Å². The van der Waals surface area contributed by atoms with E-state index in [0.29, 0.717) is 12.2 Å². The highest BCUT2D eigenvalue weighted by molar-refractivity contribution is 6.32. The molecule has 1 aliphatic heterocycles. The molecule has 8 heteroatoms. The zero-order valence-electron chi connectivity index (χ0n) is 12.9. The summed E-state index contributed by atoms with van der Waals surface area (Å²) < 4.78 is 28.6. The summed E-state index contributed by atoms with van der Waals surface area (Å²) in [4.78, 5) is 13.9. The molecule has 1 aromatic carbocycles. The Hall–Kier alpha value is -1.60. The average Bonchev–Trinajstić information content (AvgIpc) is 2.91. The van der Waals surface area contributed by atoms with Gasteiger partial charge in [0.05, 0.1) is 16.7 Å². The number of alkyl halides is 2. The van der Waals surface area contributed by atoms with Crippen molar-refractivity contribution in [1.29, 1.82) is 0 Å². The van der Waals surface area contributed by atoms with Crippen LogP contribution in [0.4, 0.5) is 19.3 Å². The number of likely N-dealkylation sites (tertiary alicyclic amines) is 1. The molecule has 5 nitrogen and oxygen atoms in total. The minimum Gasteiger partial charge on any atom is -0.433 e. The van der Waals surface area contributed by atoms with Gasteiger partial charge in [0.25, 0.3) is 0 Å². The van der Waals surface area contributed by atoms with E-state index in [0.717, 1.165) is 12.8 Å². The number of rotatable bonds is 4. The number of hydrogen-bond donors (Lipinski definition) is 2. The predicted octanol–water partition coefficient (Wildman–Crippen LogP) is 3.71. The van der Waals surface area contributed by atoms with Crippen LogP contribution in [0.2, 0.25) is 5.02 Å². The highest BCUT2D eigenvalue weighted by Crippen LogP contribution is 2.30. The molecule has 1 heterocycles. The van der Waals surface area contributed by atoms with E-state index in [-0.39, 0.29) is 22.8 Å². The number of benzene rings is 1. The Morgan fingerprint density at radius 1 is 1.52 bits per heavy atom. The molecule has 0 aromatic heterocycles. The van der Waals surface area contributed by atoms with Gasteiger partial charge in [0.2, 0.25) is 0 Å². The van der Waals surface area contributed by atoms with Crippen LogP contribution in [0.15, 0.2) is 18.2 Å². The first-order valence-corrected chi connectivity index (χ1v) is 7.60. The van der Waals surface area contributed by atoms with E-state index in [2.05, 4.69) is 10.1 Å². The van der Waals surface area contributed by atoms with Gasteiger partial charge in [0, 0.05) is 12.2 Å². The van der Waals surface area contributed by atoms with Crippen LogP contribution >= 0.6 is 11.6 Å². The third-order valence-corrected chi connectivity index (χ3v) is 4.02. The van der Waals surface area contributed by atoms with Crippen molar-refractivity contribution < 1.29 is 23.4 Å². The third kappa shape index (κ3) is 4.45. The molecular weight excluding hydrogens is 330 g/mol. The first-order chi connectivity index (χ1) is 10.7. The molecule has 128 valence electrons. The zero-order valence-corrected chi connectivity index (χ0v) is 13.6. The Labute approximate surface area is 138 Å². The number of nitrogens with one attached hydrogen (secondary N) is 1. The molecule has 1 unspecified atom stereocenters. The molecule has 1 atom stereocenters. The van der Waals surface area contributed by atoms with Crippen molar-refractivity contribution in [2.45, 2.75) is 44.9 Å². The van der Waals surface area contributed by atoms with Gasteiger partial charge in [0.15, 0.2) is 0 Å². The van der Waals surface area contributed by atoms with Gasteiger partial charge in [-0.15, -0.1) is 0 Å². The second-order valence-electron chi connectivity index (χ2n) is 5.96. The third-order valence-electron chi connectivity index (χ3n) is 3.73. The lowest BCUT2D eigenvalue weighted by molar-refractivity contribution is -0.0497. The summed E-state index contributed by atoms with van der Waals surface area (Å²) in [6, 6.07) is 3.39. The second kappa shape index (κ2) is 6.88. The second-order valence-corrected chi connectivity index (χ2v) is 6.37. The minimum atomic E-state index is -2.97. The first kappa shape index (κ1) is 17.7. The van der Waals surface area contributed by atoms with Crippen LogP contribution in [0.5, 0.6) is 5.75 Å². The molecular formula is C15H19ClF2N2O3. The molecule has 0 saturated carbocycles. The van der Waals surface area contributed by atoms with E-state index < -0.39 is 12.2 Å². The topological polar surface area (TPSA) is 61.8 Å². The average molecular weight is 349 g/mol. The van der Waals surface area contributed by atoms with E-state index in [1.165, 1.54) is 18.2 Å². The maximum atomic E-state index is 12.4. The molecule has 1 aromatic rings. The van der Waals surface area contributed by atoms with Crippen molar-refractivity contribution in [1.82, 2.24) is 4.90 Å². The largest absolute Gasteiger partial charge is 0.433 e. The Kier molecular flexibility index (Phi) is 5.31. The van der Waals surface area contributed by atoms with E-state index in [9.17, 15) is 18.7 Å². The molecule has 0 bridgehead atoms. The van der Waals surface area contributed by atoms with Crippen LogP contribution < -0.4 is 10.1 Å². The first-order valence-electron chi connectivity index (χ1n) is 7.23. The lowest BCUT2D eigenvalue weighted by atomic mass is 9.97. The van der Waals surface area contributed by atoms with Crippen LogP contribution in [0.1, 0.15) is 26.7 Å². The molecule has 1 saturated heterocycles. The molecule has 1 aliphatic rings. The van der Waals surface area contributed by atoms with Crippen molar-refractivity contribution in [3.63, 3.8) is 0 Å². The van der Waals surface area contributed by atoms with Crippen molar-refractivity contribution in [3.05, 3.63) is 23.2 Å². The Bertz CT molecular complexity index is 578. The highest BCUT2D eigenvalue weighted by atomic mass is 35.5. The monoisotopic (exact) mass is 348 g/mol. The Balaban J connectivity index is 2.07. The predicted molar refractivity (Wildman–Crippen MR) is 83.1 cm³/mol. The quantitative estimate of drug-likeness (QED) is 0.872. The fourth-order valence-electron chi connectivity index (χ4n) is 2.71. The molecule has 0 aliphatic carbocycles. The van der Waals surface area contributed by atoms with Crippen LogP contribution in [0.3, 0.4) is 0 Å². The fraction of sp³-hybridized carbons (Fsp3) is 0.533. The number of halogens is 3. The zero-order chi connectivity index (χ0) is 17.2. The summed E-state index contributed by atoms with van der Waals surface area (Å²) >= 11 is 5.85. The number of amides is 2. The number of hydrogen-bond acceptors (Lipinski definition) is 3. The Morgan fingerprint density at radius 2 is 2.22 bits per heavy atom. The summed E-state index contributed by atoms with van der Waals surface area (Å²) in [5.41, 5.74) is -0.636. The van der Waals surface area contributed by atoms with Crippen LogP contribution in [-0.4, -0.2) is 40.8 Å². The van der Waals surface area contributed by atoms with Crippen molar-refractivity contribution in [2.24, 2.45) is 0 Å². The van der Waals surface area contributed by atoms with E-state index in [1.54, 1.807) is 18.7 Å². The molecule has 2 rings (SSSR count). The number of anilines is 1. The van der Waals surface area contributed by atoms with Gasteiger partial charge in [-0.25, -0.2) is 4.79 Å². The number of nitrogens with zero attached hydrogens (tertiary/aromatic N) is 1. The normalized spacial score (nSPS) is 18.4. The van der Waals surface area contributed by atoms with Crippen molar-refractivity contribution >= 4 is 23.3 Å². The highest BCUT2D eigenvalue weighted by Gasteiger charge is 2.38. The number of carbonyl (C=O) groups is 1. The lowest BCUT2D eigenvalue weighted by Gasteiger charge is -2.33. The van der Waals surface area contributed by atoms with Gasteiger partial charge in [0.1, 0.15) is 5.75 Å². The van der Waals surface area contributed by atoms with Crippen LogP contribution in [0, 0.1) is 0 Å². The van der Waals surface area contributed by atoms with E-state index >= 15 is 0 Å². The maximum Gasteiger partial charge on any atom is 0.387 e. The van der Waals surface area contributed by atoms with Gasteiger partial charge in [-0.2, -0.15) is 8.78 Å². The number of ether oxygens (including phenoxy) is 1. The molecule has 23 heavy (non-hydrogen) atoms. The van der Waals surface area contributed by atoms with Gasteiger partial charge in [-0.05, 0) is 44.9 Å². The van der Waals surface area contributed by atoms with Gasteiger partial charge in [-0.3, -0.25) is 0 Å². The van der Waals surface area contributed by atoms with Crippen molar-refractivity contribution in [2.75, 3.05) is 11.9 Å². The summed E-state index contributed by atoms with van der Waals surface area (Å²) in [7, 11) is 0. The molecule has 0 radical (unpaired) electrons. The van der Waals surface area contributed by atoms with Crippen molar-refractivity contribution in [3.8, 4) is 5.75 Å². The van der Waals surface area contributed by atoms with Crippen LogP contribution in [-0.2, 0) is 0 Å². The summed E-state index contributed by atoms with van der Waals surface area (Å²) in [5, 5.41) is 12.8. The van der Waals surface area contributed by atoms with Gasteiger partial charge >= 0.3 is 12.6 Å². The summed E-state index contributed by atoms with van der Waals surface area (Å²) in [6.45, 7) is 0.902. The SMILES string of the molecule is CC(C)(O)C1CCCN1C(=O)Nc1ccc(OC(F)F)c(Cl)c1.